The van der Waals surface area contributed by atoms with Crippen molar-refractivity contribution >= 4 is 16.0 Å². The largest absolute Gasteiger partial charge is 0.461 e. The van der Waals surface area contributed by atoms with Gasteiger partial charge in [0.05, 0.1) is 12.4 Å². The van der Waals surface area contributed by atoms with E-state index >= 15 is 0 Å². The van der Waals surface area contributed by atoms with Crippen LogP contribution in [0.1, 0.15) is 25.5 Å². The van der Waals surface area contributed by atoms with Crippen LogP contribution in [0, 0.1) is 0 Å². The van der Waals surface area contributed by atoms with E-state index in [0.29, 0.717) is 5.56 Å². The number of rotatable bonds is 9. The topological polar surface area (TPSA) is 108 Å². The van der Waals surface area contributed by atoms with Crippen LogP contribution in [0.15, 0.2) is 30.3 Å². The molecule has 0 aliphatic rings. The molecule has 1 rings (SSSR count). The van der Waals surface area contributed by atoms with Gasteiger partial charge >= 0.3 is 5.97 Å². The van der Waals surface area contributed by atoms with Crippen LogP contribution in [0.4, 0.5) is 0 Å². The Morgan fingerprint density at radius 2 is 1.87 bits per heavy atom. The molecule has 0 fully saturated rings. The van der Waals surface area contributed by atoms with E-state index in [2.05, 4.69) is 4.72 Å². The zero-order valence-corrected chi connectivity index (χ0v) is 14.4. The molecule has 0 aromatic heterocycles. The summed E-state index contributed by atoms with van der Waals surface area (Å²) in [7, 11) is -3.35. The van der Waals surface area contributed by atoms with Gasteiger partial charge in [0, 0.05) is 6.54 Å². The molecule has 0 saturated carbocycles. The van der Waals surface area contributed by atoms with Crippen LogP contribution >= 0.6 is 0 Å². The number of esters is 1. The number of hydrogen-bond donors (Lipinski definition) is 2. The van der Waals surface area contributed by atoms with Crippen molar-refractivity contribution in [2.75, 3.05) is 19.4 Å². The van der Waals surface area contributed by atoms with Crippen molar-refractivity contribution in [3.05, 3.63) is 35.9 Å². The molecule has 0 amide bonds. The molecule has 0 saturated heterocycles. The predicted molar refractivity (Wildman–Crippen MR) is 87.2 cm³/mol. The fourth-order valence-electron chi connectivity index (χ4n) is 1.84. The number of carbonyl (C=O) groups excluding carboxylic acids is 1. The molecular formula is C15H24N2O5S. The van der Waals surface area contributed by atoms with Crippen molar-refractivity contribution in [2.24, 2.45) is 5.73 Å². The van der Waals surface area contributed by atoms with Crippen LogP contribution in [0.5, 0.6) is 0 Å². The number of nitrogens with one attached hydrogen (secondary N) is 1. The highest BCUT2D eigenvalue weighted by atomic mass is 32.2. The normalized spacial score (nSPS) is 14.5. The van der Waals surface area contributed by atoms with Crippen molar-refractivity contribution in [2.45, 2.75) is 32.1 Å². The molecule has 0 spiro atoms. The fraction of sp³-hybridized carbons (Fsp3) is 0.533. The highest BCUT2D eigenvalue weighted by Crippen LogP contribution is 2.11. The van der Waals surface area contributed by atoms with Gasteiger partial charge in [-0.25, -0.2) is 17.9 Å². The number of sulfonamides is 1. The smallest absolute Gasteiger partial charge is 0.327 e. The highest BCUT2D eigenvalue weighted by Gasteiger charge is 2.21. The van der Waals surface area contributed by atoms with E-state index in [-0.39, 0.29) is 19.3 Å². The Kier molecular flexibility index (Phi) is 7.63. The van der Waals surface area contributed by atoms with Crippen molar-refractivity contribution in [1.29, 1.82) is 0 Å². The average Bonchev–Trinajstić information content (AvgIpc) is 2.48. The van der Waals surface area contributed by atoms with E-state index in [1.54, 1.807) is 24.3 Å². The lowest BCUT2D eigenvalue weighted by atomic mass is 10.1. The van der Waals surface area contributed by atoms with Crippen LogP contribution in [0.2, 0.25) is 0 Å². The van der Waals surface area contributed by atoms with Crippen molar-refractivity contribution in [3.8, 4) is 0 Å². The molecule has 8 heteroatoms. The van der Waals surface area contributed by atoms with Gasteiger partial charge in [0.25, 0.3) is 0 Å². The molecule has 0 bridgehead atoms. The van der Waals surface area contributed by atoms with Gasteiger partial charge < -0.3 is 15.2 Å². The second-order valence-electron chi connectivity index (χ2n) is 5.45. The first kappa shape index (κ1) is 19.6. The molecular weight excluding hydrogens is 320 g/mol. The number of ether oxygens (including phenoxy) is 2. The van der Waals surface area contributed by atoms with Gasteiger partial charge in [0.15, 0.2) is 0 Å². The van der Waals surface area contributed by atoms with Gasteiger partial charge in [-0.15, -0.1) is 0 Å². The summed E-state index contributed by atoms with van der Waals surface area (Å²) in [6.45, 7) is 3.56. The molecule has 23 heavy (non-hydrogen) atoms. The van der Waals surface area contributed by atoms with Crippen LogP contribution < -0.4 is 10.5 Å². The van der Waals surface area contributed by atoms with Crippen molar-refractivity contribution < 1.29 is 22.7 Å². The maximum Gasteiger partial charge on any atom is 0.327 e. The summed E-state index contributed by atoms with van der Waals surface area (Å²) in [5.41, 5.74) is 6.49. The summed E-state index contributed by atoms with van der Waals surface area (Å²) < 4.78 is 35.4. The molecule has 7 nitrogen and oxygen atoms in total. The van der Waals surface area contributed by atoms with Crippen LogP contribution in [0.25, 0.3) is 0 Å². The molecule has 0 heterocycles. The van der Waals surface area contributed by atoms with Crippen LogP contribution in [-0.4, -0.2) is 46.0 Å². The predicted octanol–water partition coefficient (Wildman–Crippen LogP) is 0.572. The highest BCUT2D eigenvalue weighted by molar-refractivity contribution is 7.88. The van der Waals surface area contributed by atoms with Crippen molar-refractivity contribution in [3.63, 3.8) is 0 Å². The van der Waals surface area contributed by atoms with E-state index in [4.69, 9.17) is 15.2 Å². The molecule has 0 unspecified atom stereocenters. The minimum absolute atomic E-state index is 0.0187. The SMILES string of the molecule is CC(C)O[C@@H](CNS(C)(=O)=O)COC(=O)[C@@H](N)c1ccccc1. The molecule has 1 aromatic rings. The zero-order chi connectivity index (χ0) is 17.5. The van der Waals surface area contributed by atoms with Gasteiger partial charge in [-0.1, -0.05) is 30.3 Å². The summed E-state index contributed by atoms with van der Waals surface area (Å²) in [5.74, 6) is -0.590. The Morgan fingerprint density at radius 1 is 1.26 bits per heavy atom. The minimum atomic E-state index is -3.35. The first-order valence-electron chi connectivity index (χ1n) is 7.26. The third-order valence-electron chi connectivity index (χ3n) is 2.86. The minimum Gasteiger partial charge on any atom is -0.461 e. The lowest BCUT2D eigenvalue weighted by molar-refractivity contribution is -0.150. The molecule has 3 N–H and O–H groups in total. The Balaban J connectivity index is 2.57. The van der Waals surface area contributed by atoms with Gasteiger partial charge in [-0.3, -0.25) is 0 Å². The summed E-state index contributed by atoms with van der Waals surface area (Å²) in [4.78, 5) is 12.0. The number of nitrogens with two attached hydrogens (primary N) is 1. The second kappa shape index (κ2) is 8.97. The van der Waals surface area contributed by atoms with Gasteiger partial charge in [0.2, 0.25) is 10.0 Å². The Hall–Kier alpha value is -1.48. The Bertz CT molecular complexity index is 589. The Morgan fingerprint density at radius 3 is 2.39 bits per heavy atom. The summed E-state index contributed by atoms with van der Waals surface area (Å²) >= 11 is 0. The maximum atomic E-state index is 12.0. The first-order valence-corrected chi connectivity index (χ1v) is 9.15. The molecule has 0 aliphatic heterocycles. The number of carbonyl (C=O) groups is 1. The number of hydrogen-bond acceptors (Lipinski definition) is 6. The standard InChI is InChI=1S/C15H24N2O5S/c1-11(2)22-13(9-17-23(3,19)20)10-21-15(18)14(16)12-7-5-4-6-8-12/h4-8,11,13-14,17H,9-10,16H2,1-3H3/t13-,14-/m0/s1. The summed E-state index contributed by atoms with van der Waals surface area (Å²) in [6.07, 6.45) is 0.330. The third-order valence-corrected chi connectivity index (χ3v) is 3.55. The lowest BCUT2D eigenvalue weighted by Crippen LogP contribution is -2.38. The van der Waals surface area contributed by atoms with Gasteiger partial charge in [-0.2, -0.15) is 0 Å². The molecule has 0 aliphatic carbocycles. The monoisotopic (exact) mass is 344 g/mol. The van der Waals surface area contributed by atoms with E-state index in [1.165, 1.54) is 0 Å². The Labute approximate surface area is 137 Å². The average molecular weight is 344 g/mol. The van der Waals surface area contributed by atoms with E-state index < -0.39 is 28.1 Å². The molecule has 130 valence electrons. The zero-order valence-electron chi connectivity index (χ0n) is 13.6. The van der Waals surface area contributed by atoms with Gasteiger partial charge in [-0.05, 0) is 19.4 Å². The second-order valence-corrected chi connectivity index (χ2v) is 7.28. The van der Waals surface area contributed by atoms with Gasteiger partial charge in [0.1, 0.15) is 18.8 Å². The third kappa shape index (κ3) is 8.08. The quantitative estimate of drug-likeness (QED) is 0.634. The maximum absolute atomic E-state index is 12.0. The van der Waals surface area contributed by atoms with E-state index in [1.807, 2.05) is 19.9 Å². The molecule has 1 aromatic carbocycles. The van der Waals surface area contributed by atoms with Crippen LogP contribution in [-0.2, 0) is 24.3 Å². The van der Waals surface area contributed by atoms with E-state index in [0.717, 1.165) is 6.26 Å². The summed E-state index contributed by atoms with van der Waals surface area (Å²) in [6, 6.07) is 7.97. The van der Waals surface area contributed by atoms with Crippen molar-refractivity contribution in [1.82, 2.24) is 4.72 Å². The fourth-order valence-corrected chi connectivity index (χ4v) is 2.33. The molecule has 0 radical (unpaired) electrons. The number of benzene rings is 1. The lowest BCUT2D eigenvalue weighted by Gasteiger charge is -2.21. The van der Waals surface area contributed by atoms with E-state index in [9.17, 15) is 13.2 Å². The first-order chi connectivity index (χ1) is 10.7. The summed E-state index contributed by atoms with van der Waals surface area (Å²) in [5, 5.41) is 0. The molecule has 2 atom stereocenters. The van der Waals surface area contributed by atoms with Crippen LogP contribution in [0.3, 0.4) is 0 Å².